The van der Waals surface area contributed by atoms with E-state index in [9.17, 15) is 4.79 Å². The third-order valence-corrected chi connectivity index (χ3v) is 6.37. The van der Waals surface area contributed by atoms with Crippen LogP contribution in [0.15, 0.2) is 29.1 Å². The van der Waals surface area contributed by atoms with Gasteiger partial charge in [-0.1, -0.05) is 12.8 Å². The molecule has 29 heavy (non-hydrogen) atoms. The molecule has 0 aliphatic heterocycles. The predicted molar refractivity (Wildman–Crippen MR) is 117 cm³/mol. The number of aryl methyl sites for hydroxylation is 3. The van der Waals surface area contributed by atoms with Crippen molar-refractivity contribution in [2.45, 2.75) is 52.5 Å². The van der Waals surface area contributed by atoms with E-state index < -0.39 is 0 Å². The molecule has 1 aliphatic rings. The van der Waals surface area contributed by atoms with Crippen LogP contribution in [0.4, 0.5) is 5.82 Å². The number of aromatic nitrogens is 4. The van der Waals surface area contributed by atoms with Gasteiger partial charge < -0.3 is 10.7 Å². The lowest BCUT2D eigenvalue weighted by molar-refractivity contribution is 0.515. The summed E-state index contributed by atoms with van der Waals surface area (Å²) in [5.41, 5.74) is 12.2. The molecule has 0 bridgehead atoms. The lowest BCUT2D eigenvalue weighted by Crippen LogP contribution is -2.25. The highest BCUT2D eigenvalue weighted by atomic mass is 16.1. The lowest BCUT2D eigenvalue weighted by atomic mass is 10.1. The fourth-order valence-electron chi connectivity index (χ4n) is 4.69. The highest BCUT2D eigenvalue weighted by Gasteiger charge is 2.23. The van der Waals surface area contributed by atoms with Crippen molar-refractivity contribution < 1.29 is 0 Å². The quantitative estimate of drug-likeness (QED) is 0.527. The van der Waals surface area contributed by atoms with Crippen molar-refractivity contribution >= 4 is 27.8 Å². The zero-order valence-electron chi connectivity index (χ0n) is 17.0. The van der Waals surface area contributed by atoms with Gasteiger partial charge in [0.2, 0.25) is 0 Å². The van der Waals surface area contributed by atoms with Crippen LogP contribution in [0.25, 0.3) is 33.3 Å². The van der Waals surface area contributed by atoms with Crippen LogP contribution in [0.2, 0.25) is 0 Å². The summed E-state index contributed by atoms with van der Waals surface area (Å²) in [4.78, 5) is 25.8. The molecule has 1 fully saturated rings. The fraction of sp³-hybridized carbons (Fsp3) is 0.348. The minimum absolute atomic E-state index is 0.00138. The standard InChI is InChI=1S/C23H25N5O/c1-12-10-19(29)28(16-6-4-5-7-16)23-20(12)21(24)26-22(27-23)15-8-9-18-17(11-15)13(2)14(3)25-18/h8-11,16,25H,4-7H2,1-3H3,(H2,24,26,27). The largest absolute Gasteiger partial charge is 0.383 e. The van der Waals surface area contributed by atoms with Gasteiger partial charge >= 0.3 is 0 Å². The number of nitrogen functional groups attached to an aromatic ring is 1. The molecular formula is C23H25N5O. The number of aromatic amines is 1. The van der Waals surface area contributed by atoms with Crippen molar-refractivity contribution in [3.63, 3.8) is 0 Å². The van der Waals surface area contributed by atoms with E-state index in [0.717, 1.165) is 58.8 Å². The molecule has 3 heterocycles. The Balaban J connectivity index is 1.78. The van der Waals surface area contributed by atoms with Crippen LogP contribution in [-0.4, -0.2) is 19.5 Å². The summed E-state index contributed by atoms with van der Waals surface area (Å²) in [7, 11) is 0. The first kappa shape index (κ1) is 17.9. The SMILES string of the molecule is Cc1[nH]c2ccc(-c3nc(N)c4c(C)cc(=O)n(C5CCCC5)c4n3)cc2c1C. The normalized spacial score (nSPS) is 15.0. The average Bonchev–Trinajstić information content (AvgIpc) is 3.30. The summed E-state index contributed by atoms with van der Waals surface area (Å²) in [5.74, 6) is 0.989. The molecule has 6 nitrogen and oxygen atoms in total. The summed E-state index contributed by atoms with van der Waals surface area (Å²) < 4.78 is 1.85. The summed E-state index contributed by atoms with van der Waals surface area (Å²) >= 11 is 0. The van der Waals surface area contributed by atoms with Gasteiger partial charge in [0.15, 0.2) is 5.82 Å². The van der Waals surface area contributed by atoms with Crippen LogP contribution in [0, 0.1) is 20.8 Å². The van der Waals surface area contributed by atoms with E-state index in [4.69, 9.17) is 10.7 Å². The number of fused-ring (bicyclic) bond motifs is 2. The van der Waals surface area contributed by atoms with Gasteiger partial charge in [0.1, 0.15) is 11.5 Å². The Morgan fingerprint density at radius 3 is 2.62 bits per heavy atom. The molecule has 0 atom stereocenters. The molecular weight excluding hydrogens is 362 g/mol. The van der Waals surface area contributed by atoms with E-state index in [1.54, 1.807) is 6.07 Å². The summed E-state index contributed by atoms with van der Waals surface area (Å²) in [6, 6.07) is 8.01. The zero-order valence-corrected chi connectivity index (χ0v) is 17.0. The van der Waals surface area contributed by atoms with Gasteiger partial charge in [-0.15, -0.1) is 0 Å². The number of rotatable bonds is 2. The first-order chi connectivity index (χ1) is 13.9. The molecule has 0 amide bonds. The molecule has 4 aromatic rings. The molecule has 1 saturated carbocycles. The number of hydrogen-bond donors (Lipinski definition) is 2. The molecule has 0 saturated heterocycles. The van der Waals surface area contributed by atoms with E-state index in [1.807, 2.05) is 17.6 Å². The number of nitrogens with two attached hydrogens (primary N) is 1. The van der Waals surface area contributed by atoms with E-state index in [1.165, 1.54) is 5.56 Å². The number of H-pyrrole nitrogens is 1. The smallest absolute Gasteiger partial charge is 0.252 e. The first-order valence-corrected chi connectivity index (χ1v) is 10.2. The minimum atomic E-state index is -0.00138. The first-order valence-electron chi connectivity index (χ1n) is 10.2. The molecule has 6 heteroatoms. The van der Waals surface area contributed by atoms with Crippen molar-refractivity contribution in [3.05, 3.63) is 51.4 Å². The maximum atomic E-state index is 12.9. The Kier molecular flexibility index (Phi) is 3.98. The number of benzene rings is 1. The van der Waals surface area contributed by atoms with Crippen LogP contribution in [0.3, 0.4) is 0 Å². The third-order valence-electron chi connectivity index (χ3n) is 6.37. The Morgan fingerprint density at radius 2 is 1.86 bits per heavy atom. The minimum Gasteiger partial charge on any atom is -0.383 e. The topological polar surface area (TPSA) is 89.6 Å². The average molecular weight is 387 g/mol. The van der Waals surface area contributed by atoms with Crippen LogP contribution in [0.5, 0.6) is 0 Å². The van der Waals surface area contributed by atoms with Gasteiger partial charge in [0.25, 0.3) is 5.56 Å². The second-order valence-electron chi connectivity index (χ2n) is 8.24. The van der Waals surface area contributed by atoms with Crippen molar-refractivity contribution in [3.8, 4) is 11.4 Å². The van der Waals surface area contributed by atoms with Crippen LogP contribution in [-0.2, 0) is 0 Å². The lowest BCUT2D eigenvalue weighted by Gasteiger charge is -2.18. The molecule has 0 unspecified atom stereocenters. The van der Waals surface area contributed by atoms with Gasteiger partial charge in [-0.25, -0.2) is 9.97 Å². The van der Waals surface area contributed by atoms with E-state index in [0.29, 0.717) is 17.3 Å². The van der Waals surface area contributed by atoms with Crippen molar-refractivity contribution in [2.75, 3.05) is 5.73 Å². The van der Waals surface area contributed by atoms with E-state index >= 15 is 0 Å². The van der Waals surface area contributed by atoms with Gasteiger partial charge in [-0.05, 0) is 62.9 Å². The van der Waals surface area contributed by atoms with Crippen molar-refractivity contribution in [2.24, 2.45) is 0 Å². The number of pyridine rings is 1. The molecule has 0 radical (unpaired) electrons. The highest BCUT2D eigenvalue weighted by molar-refractivity contribution is 5.92. The number of anilines is 1. The molecule has 3 aromatic heterocycles. The van der Waals surface area contributed by atoms with Gasteiger partial charge in [-0.2, -0.15) is 0 Å². The summed E-state index contributed by atoms with van der Waals surface area (Å²) in [6.45, 7) is 6.08. The maximum absolute atomic E-state index is 12.9. The monoisotopic (exact) mass is 387 g/mol. The van der Waals surface area contributed by atoms with E-state index in [-0.39, 0.29) is 11.6 Å². The van der Waals surface area contributed by atoms with E-state index in [2.05, 4.69) is 35.9 Å². The Hall–Kier alpha value is -3.15. The Bertz CT molecular complexity index is 1330. The highest BCUT2D eigenvalue weighted by Crippen LogP contribution is 2.33. The van der Waals surface area contributed by atoms with Gasteiger partial charge in [0, 0.05) is 34.3 Å². The third kappa shape index (κ3) is 2.74. The van der Waals surface area contributed by atoms with Gasteiger partial charge in [-0.3, -0.25) is 9.36 Å². The summed E-state index contributed by atoms with van der Waals surface area (Å²) in [6.07, 6.45) is 4.29. The molecule has 3 N–H and O–H groups in total. The number of nitrogens with one attached hydrogen (secondary N) is 1. The fourth-order valence-corrected chi connectivity index (χ4v) is 4.69. The molecule has 0 spiro atoms. The maximum Gasteiger partial charge on any atom is 0.252 e. The number of nitrogens with zero attached hydrogens (tertiary/aromatic N) is 3. The van der Waals surface area contributed by atoms with Crippen LogP contribution >= 0.6 is 0 Å². The molecule has 1 aromatic carbocycles. The second-order valence-corrected chi connectivity index (χ2v) is 8.24. The molecule has 148 valence electrons. The Labute approximate surface area is 168 Å². The van der Waals surface area contributed by atoms with Crippen LogP contribution < -0.4 is 11.3 Å². The zero-order chi connectivity index (χ0) is 20.3. The van der Waals surface area contributed by atoms with Crippen molar-refractivity contribution in [1.29, 1.82) is 0 Å². The molecule has 1 aliphatic carbocycles. The Morgan fingerprint density at radius 1 is 1.10 bits per heavy atom. The predicted octanol–water partition coefficient (Wildman–Crippen LogP) is 4.56. The summed E-state index contributed by atoms with van der Waals surface area (Å²) in [5, 5.41) is 1.94. The van der Waals surface area contributed by atoms with Gasteiger partial charge in [0.05, 0.1) is 5.39 Å². The second kappa shape index (κ2) is 6.44. The molecule has 5 rings (SSSR count). The van der Waals surface area contributed by atoms with Crippen molar-refractivity contribution in [1.82, 2.24) is 19.5 Å². The van der Waals surface area contributed by atoms with Crippen LogP contribution in [0.1, 0.15) is 48.5 Å². The number of hydrogen-bond acceptors (Lipinski definition) is 4.